The molecule has 9 heavy (non-hydrogen) atoms. The van der Waals surface area contributed by atoms with Gasteiger partial charge in [-0.1, -0.05) is 13.8 Å². The highest BCUT2D eigenvalue weighted by atomic mass is 16.5. The van der Waals surface area contributed by atoms with Gasteiger partial charge in [-0.25, -0.2) is 0 Å². The summed E-state index contributed by atoms with van der Waals surface area (Å²) in [7, 11) is 0. The molecule has 0 aromatic carbocycles. The number of ether oxygens (including phenoxy) is 1. The van der Waals surface area contributed by atoms with Crippen molar-refractivity contribution in [1.82, 2.24) is 0 Å². The van der Waals surface area contributed by atoms with E-state index < -0.39 is 0 Å². The molecule has 1 rings (SSSR count). The zero-order chi connectivity index (χ0) is 6.91. The topological polar surface area (TPSA) is 26.3 Å². The molecule has 0 spiro atoms. The van der Waals surface area contributed by atoms with Crippen LogP contribution in [-0.2, 0) is 9.53 Å². The SMILES string of the molecule is CC(C=O)C1(C)COC1. The van der Waals surface area contributed by atoms with Crippen molar-refractivity contribution in [2.75, 3.05) is 13.2 Å². The Labute approximate surface area is 55.2 Å². The normalized spacial score (nSPS) is 26.4. The highest BCUT2D eigenvalue weighted by Gasteiger charge is 2.38. The van der Waals surface area contributed by atoms with Crippen LogP contribution in [0.5, 0.6) is 0 Å². The van der Waals surface area contributed by atoms with E-state index in [1.807, 2.05) is 6.92 Å². The highest BCUT2D eigenvalue weighted by molar-refractivity contribution is 5.54. The second-order valence-electron chi connectivity index (χ2n) is 3.07. The second-order valence-corrected chi connectivity index (χ2v) is 3.07. The van der Waals surface area contributed by atoms with Crippen LogP contribution in [0.2, 0.25) is 0 Å². The molecule has 2 nitrogen and oxygen atoms in total. The monoisotopic (exact) mass is 128 g/mol. The van der Waals surface area contributed by atoms with Crippen LogP contribution < -0.4 is 0 Å². The van der Waals surface area contributed by atoms with Gasteiger partial charge >= 0.3 is 0 Å². The third-order valence-electron chi connectivity index (χ3n) is 2.17. The van der Waals surface area contributed by atoms with Crippen LogP contribution in [0.3, 0.4) is 0 Å². The fraction of sp³-hybridized carbons (Fsp3) is 0.857. The third kappa shape index (κ3) is 0.990. The standard InChI is InChI=1S/C7H12O2/c1-6(3-8)7(2)4-9-5-7/h3,6H,4-5H2,1-2H3. The molecule has 0 aliphatic carbocycles. The smallest absolute Gasteiger partial charge is 0.123 e. The van der Waals surface area contributed by atoms with Crippen molar-refractivity contribution in [2.24, 2.45) is 11.3 Å². The Bertz CT molecular complexity index is 116. The predicted octanol–water partition coefficient (Wildman–Crippen LogP) is 0.858. The number of carbonyl (C=O) groups excluding carboxylic acids is 1. The summed E-state index contributed by atoms with van der Waals surface area (Å²) in [5.41, 5.74) is 0.141. The minimum absolute atomic E-state index is 0.141. The Morgan fingerprint density at radius 2 is 2.22 bits per heavy atom. The first-order valence-electron chi connectivity index (χ1n) is 3.22. The molecule has 2 heteroatoms. The lowest BCUT2D eigenvalue weighted by atomic mass is 9.77. The molecule has 0 radical (unpaired) electrons. The van der Waals surface area contributed by atoms with Crippen molar-refractivity contribution in [3.05, 3.63) is 0 Å². The van der Waals surface area contributed by atoms with Gasteiger partial charge in [-0.05, 0) is 0 Å². The maximum absolute atomic E-state index is 10.3. The first kappa shape index (κ1) is 6.75. The van der Waals surface area contributed by atoms with E-state index in [0.29, 0.717) is 0 Å². The fourth-order valence-corrected chi connectivity index (χ4v) is 0.851. The van der Waals surface area contributed by atoms with Gasteiger partial charge < -0.3 is 9.53 Å². The number of hydrogen-bond acceptors (Lipinski definition) is 2. The summed E-state index contributed by atoms with van der Waals surface area (Å²) in [5.74, 6) is 0.145. The van der Waals surface area contributed by atoms with Crippen molar-refractivity contribution < 1.29 is 9.53 Å². The summed E-state index contributed by atoms with van der Waals surface area (Å²) in [5, 5.41) is 0. The van der Waals surface area contributed by atoms with Crippen LogP contribution in [-0.4, -0.2) is 19.5 Å². The summed E-state index contributed by atoms with van der Waals surface area (Å²) < 4.78 is 5.00. The summed E-state index contributed by atoms with van der Waals surface area (Å²) >= 11 is 0. The van der Waals surface area contributed by atoms with E-state index in [4.69, 9.17) is 4.74 Å². The molecule has 1 saturated heterocycles. The van der Waals surface area contributed by atoms with Crippen LogP contribution in [0.1, 0.15) is 13.8 Å². The maximum atomic E-state index is 10.3. The van der Waals surface area contributed by atoms with E-state index in [2.05, 4.69) is 6.92 Å². The van der Waals surface area contributed by atoms with E-state index in [1.165, 1.54) is 0 Å². The van der Waals surface area contributed by atoms with Gasteiger partial charge in [0.25, 0.3) is 0 Å². The summed E-state index contributed by atoms with van der Waals surface area (Å²) in [6.07, 6.45) is 1.00. The van der Waals surface area contributed by atoms with Gasteiger partial charge in [0.15, 0.2) is 0 Å². The summed E-state index contributed by atoms with van der Waals surface area (Å²) in [6, 6.07) is 0. The zero-order valence-corrected chi connectivity index (χ0v) is 5.89. The van der Waals surface area contributed by atoms with Gasteiger partial charge in [0.1, 0.15) is 6.29 Å². The first-order chi connectivity index (χ1) is 4.19. The maximum Gasteiger partial charge on any atom is 0.123 e. The quantitative estimate of drug-likeness (QED) is 0.515. The Morgan fingerprint density at radius 3 is 2.33 bits per heavy atom. The van der Waals surface area contributed by atoms with Gasteiger partial charge in [0, 0.05) is 11.3 Å². The molecule has 0 aromatic heterocycles. The minimum Gasteiger partial charge on any atom is -0.380 e. The molecule has 0 bridgehead atoms. The third-order valence-corrected chi connectivity index (χ3v) is 2.17. The lowest BCUT2D eigenvalue weighted by Gasteiger charge is -2.40. The molecule has 0 N–H and O–H groups in total. The van der Waals surface area contributed by atoms with E-state index in [0.717, 1.165) is 19.5 Å². The molecular weight excluding hydrogens is 116 g/mol. The van der Waals surface area contributed by atoms with Gasteiger partial charge in [0.05, 0.1) is 13.2 Å². The van der Waals surface area contributed by atoms with Crippen LogP contribution in [0.15, 0.2) is 0 Å². The second kappa shape index (κ2) is 2.10. The van der Waals surface area contributed by atoms with E-state index in [-0.39, 0.29) is 11.3 Å². The fourth-order valence-electron chi connectivity index (χ4n) is 0.851. The number of aldehydes is 1. The number of hydrogen-bond donors (Lipinski definition) is 0. The van der Waals surface area contributed by atoms with Crippen molar-refractivity contribution >= 4 is 6.29 Å². The van der Waals surface area contributed by atoms with Crippen molar-refractivity contribution in [2.45, 2.75) is 13.8 Å². The average molecular weight is 128 g/mol. The van der Waals surface area contributed by atoms with Gasteiger partial charge in [0.2, 0.25) is 0 Å². The van der Waals surface area contributed by atoms with Crippen LogP contribution in [0.4, 0.5) is 0 Å². The Morgan fingerprint density at radius 1 is 1.67 bits per heavy atom. The Hall–Kier alpha value is -0.370. The van der Waals surface area contributed by atoms with Crippen molar-refractivity contribution in [1.29, 1.82) is 0 Å². The van der Waals surface area contributed by atoms with E-state index >= 15 is 0 Å². The molecule has 1 heterocycles. The van der Waals surface area contributed by atoms with Crippen molar-refractivity contribution in [3.8, 4) is 0 Å². The average Bonchev–Trinajstić information content (AvgIpc) is 1.81. The van der Waals surface area contributed by atoms with Crippen LogP contribution in [0.25, 0.3) is 0 Å². The Balaban J connectivity index is 2.48. The number of carbonyl (C=O) groups is 1. The van der Waals surface area contributed by atoms with Gasteiger partial charge in [-0.2, -0.15) is 0 Å². The summed E-state index contributed by atoms with van der Waals surface area (Å²) in [4.78, 5) is 10.3. The van der Waals surface area contributed by atoms with E-state index in [1.54, 1.807) is 0 Å². The lowest BCUT2D eigenvalue weighted by Crippen LogP contribution is -2.45. The predicted molar refractivity (Wildman–Crippen MR) is 34.2 cm³/mol. The molecule has 1 aliphatic rings. The molecule has 0 aromatic rings. The molecule has 1 fully saturated rings. The summed E-state index contributed by atoms with van der Waals surface area (Å²) in [6.45, 7) is 5.50. The molecule has 1 atom stereocenters. The van der Waals surface area contributed by atoms with Gasteiger partial charge in [-0.3, -0.25) is 0 Å². The van der Waals surface area contributed by atoms with Gasteiger partial charge in [-0.15, -0.1) is 0 Å². The molecule has 52 valence electrons. The minimum atomic E-state index is 0.141. The Kier molecular flexibility index (Phi) is 1.58. The largest absolute Gasteiger partial charge is 0.380 e. The molecular formula is C7H12O2. The zero-order valence-electron chi connectivity index (χ0n) is 5.89. The molecule has 1 aliphatic heterocycles. The van der Waals surface area contributed by atoms with Crippen LogP contribution in [0, 0.1) is 11.3 Å². The highest BCUT2D eigenvalue weighted by Crippen LogP contribution is 2.33. The van der Waals surface area contributed by atoms with Crippen LogP contribution >= 0.6 is 0 Å². The molecule has 1 unspecified atom stereocenters. The molecule has 0 amide bonds. The van der Waals surface area contributed by atoms with E-state index in [9.17, 15) is 4.79 Å². The lowest BCUT2D eigenvalue weighted by molar-refractivity contribution is -0.143. The molecule has 0 saturated carbocycles. The van der Waals surface area contributed by atoms with Crippen molar-refractivity contribution in [3.63, 3.8) is 0 Å². The number of rotatable bonds is 2. The first-order valence-corrected chi connectivity index (χ1v) is 3.22.